The first-order valence-corrected chi connectivity index (χ1v) is 6.20. The van der Waals surface area contributed by atoms with Crippen LogP contribution in [0.25, 0.3) is 0 Å². The lowest BCUT2D eigenvalue weighted by Crippen LogP contribution is -1.67. The maximum atomic E-state index is 8.88. The molecule has 0 saturated heterocycles. The van der Waals surface area contributed by atoms with Crippen molar-refractivity contribution in [3.05, 3.63) is 56.5 Å². The Morgan fingerprint density at radius 2 is 1.39 bits per heavy atom. The monoisotopic (exact) mass is 324 g/mol. The van der Waals surface area contributed by atoms with Crippen LogP contribution in [-0.2, 0) is 0 Å². The van der Waals surface area contributed by atoms with E-state index in [-0.39, 0.29) is 21.5 Å². The third kappa shape index (κ3) is 4.46. The molecule has 2 aromatic rings. The molecule has 2 N–H and O–H groups in total. The highest BCUT2D eigenvalue weighted by Gasteiger charge is 1.99. The molecule has 0 saturated carbocycles. The van der Waals surface area contributed by atoms with E-state index in [0.29, 0.717) is 10.0 Å². The Balaban J connectivity index is 0.000000180. The van der Waals surface area contributed by atoms with Gasteiger partial charge in [0.05, 0.1) is 10.0 Å². The Bertz CT molecular complexity index is 523. The summed E-state index contributed by atoms with van der Waals surface area (Å²) < 4.78 is 0. The minimum absolute atomic E-state index is 0.0177. The summed E-state index contributed by atoms with van der Waals surface area (Å²) in [5.41, 5.74) is 0. The van der Waals surface area contributed by atoms with E-state index in [1.165, 1.54) is 18.2 Å². The highest BCUT2D eigenvalue weighted by atomic mass is 35.5. The van der Waals surface area contributed by atoms with Crippen molar-refractivity contribution < 1.29 is 10.2 Å². The van der Waals surface area contributed by atoms with Crippen molar-refractivity contribution in [3.8, 4) is 11.5 Å². The molecule has 2 aromatic carbocycles. The molecule has 0 aromatic heterocycles. The van der Waals surface area contributed by atoms with Crippen LogP contribution in [0, 0.1) is 0 Å². The van der Waals surface area contributed by atoms with Gasteiger partial charge in [0.2, 0.25) is 0 Å². The molecule has 0 radical (unpaired) electrons. The van der Waals surface area contributed by atoms with E-state index in [1.54, 1.807) is 18.2 Å². The fourth-order valence-electron chi connectivity index (χ4n) is 0.974. The first-order chi connectivity index (χ1) is 8.41. The maximum Gasteiger partial charge on any atom is 0.135 e. The Hall–Kier alpha value is -0.800. The van der Waals surface area contributed by atoms with Crippen molar-refractivity contribution in [3.63, 3.8) is 0 Å². The van der Waals surface area contributed by atoms with Gasteiger partial charge in [-0.25, -0.2) is 0 Å². The van der Waals surface area contributed by atoms with Gasteiger partial charge in [0.1, 0.15) is 16.5 Å². The first kappa shape index (κ1) is 15.3. The molecule has 0 heterocycles. The lowest BCUT2D eigenvalue weighted by Gasteiger charge is -1.95. The number of aromatic hydroxyl groups is 2. The van der Waals surface area contributed by atoms with Crippen LogP contribution in [0.15, 0.2) is 36.4 Å². The molecule has 0 spiro atoms. The first-order valence-electron chi connectivity index (χ1n) is 4.69. The average Bonchev–Trinajstić information content (AvgIpc) is 2.32. The van der Waals surface area contributed by atoms with Crippen LogP contribution < -0.4 is 0 Å². The Labute approximate surface area is 124 Å². The van der Waals surface area contributed by atoms with Crippen LogP contribution in [0.5, 0.6) is 11.5 Å². The lowest BCUT2D eigenvalue weighted by atomic mass is 10.3. The smallest absolute Gasteiger partial charge is 0.135 e. The fourth-order valence-corrected chi connectivity index (χ4v) is 1.68. The second-order valence-electron chi connectivity index (χ2n) is 3.17. The van der Waals surface area contributed by atoms with Gasteiger partial charge in [-0.15, -0.1) is 0 Å². The third-order valence-corrected chi connectivity index (χ3v) is 3.19. The molecule has 0 aliphatic carbocycles. The molecule has 18 heavy (non-hydrogen) atoms. The second kappa shape index (κ2) is 6.95. The summed E-state index contributed by atoms with van der Waals surface area (Å²) >= 11 is 22.0. The van der Waals surface area contributed by atoms with Crippen molar-refractivity contribution in [1.29, 1.82) is 0 Å². The molecule has 2 rings (SSSR count). The van der Waals surface area contributed by atoms with E-state index >= 15 is 0 Å². The summed E-state index contributed by atoms with van der Waals surface area (Å²) in [7, 11) is 0. The number of phenols is 2. The zero-order chi connectivity index (χ0) is 13.7. The van der Waals surface area contributed by atoms with Crippen molar-refractivity contribution in [2.24, 2.45) is 0 Å². The van der Waals surface area contributed by atoms with Crippen LogP contribution in [0.3, 0.4) is 0 Å². The van der Waals surface area contributed by atoms with Crippen LogP contribution in [-0.4, -0.2) is 10.2 Å². The van der Waals surface area contributed by atoms with E-state index in [4.69, 9.17) is 56.6 Å². The van der Waals surface area contributed by atoms with Crippen molar-refractivity contribution in [2.45, 2.75) is 0 Å². The predicted octanol–water partition coefficient (Wildman–Crippen LogP) is 5.40. The van der Waals surface area contributed by atoms with Crippen molar-refractivity contribution >= 4 is 46.4 Å². The van der Waals surface area contributed by atoms with Crippen LogP contribution in [0.2, 0.25) is 20.1 Å². The van der Waals surface area contributed by atoms with Gasteiger partial charge in [0.25, 0.3) is 0 Å². The van der Waals surface area contributed by atoms with E-state index in [0.717, 1.165) is 0 Å². The molecular weight excluding hydrogens is 318 g/mol. The van der Waals surface area contributed by atoms with Gasteiger partial charge < -0.3 is 10.2 Å². The van der Waals surface area contributed by atoms with Crippen molar-refractivity contribution in [2.75, 3.05) is 0 Å². The van der Waals surface area contributed by atoms with Crippen LogP contribution in [0.1, 0.15) is 0 Å². The number of benzene rings is 2. The number of hydrogen-bond acceptors (Lipinski definition) is 2. The van der Waals surface area contributed by atoms with Gasteiger partial charge in [-0.1, -0.05) is 52.5 Å². The van der Waals surface area contributed by atoms with E-state index < -0.39 is 0 Å². The quantitative estimate of drug-likeness (QED) is 0.681. The number of rotatable bonds is 0. The molecule has 2 nitrogen and oxygen atoms in total. The van der Waals surface area contributed by atoms with E-state index in [1.807, 2.05) is 0 Å². The average molecular weight is 326 g/mol. The highest BCUT2D eigenvalue weighted by Crippen LogP contribution is 2.29. The summed E-state index contributed by atoms with van der Waals surface area (Å²) in [6.45, 7) is 0. The Kier molecular flexibility index (Phi) is 5.89. The summed E-state index contributed by atoms with van der Waals surface area (Å²) in [6, 6.07) is 9.23. The topological polar surface area (TPSA) is 40.5 Å². The normalized spacial score (nSPS) is 9.56. The Morgan fingerprint density at radius 3 is 1.83 bits per heavy atom. The molecule has 6 heteroatoms. The molecule has 0 amide bonds. The van der Waals surface area contributed by atoms with Gasteiger partial charge in [-0.2, -0.15) is 0 Å². The van der Waals surface area contributed by atoms with E-state index in [2.05, 4.69) is 0 Å². The van der Waals surface area contributed by atoms with Gasteiger partial charge in [0.15, 0.2) is 0 Å². The lowest BCUT2D eigenvalue weighted by molar-refractivity contribution is 0.475. The number of hydrogen-bond donors (Lipinski definition) is 2. The van der Waals surface area contributed by atoms with E-state index in [9.17, 15) is 0 Å². The summed E-state index contributed by atoms with van der Waals surface area (Å²) in [5, 5.41) is 19.1. The molecule has 0 aliphatic heterocycles. The molecule has 0 atom stereocenters. The zero-order valence-corrected chi connectivity index (χ0v) is 11.9. The summed E-state index contributed by atoms with van der Waals surface area (Å²) in [4.78, 5) is 0. The van der Waals surface area contributed by atoms with Crippen molar-refractivity contribution in [1.82, 2.24) is 0 Å². The van der Waals surface area contributed by atoms with Crippen LogP contribution in [0.4, 0.5) is 0 Å². The fraction of sp³-hybridized carbons (Fsp3) is 0. The van der Waals surface area contributed by atoms with Gasteiger partial charge in [-0.05, 0) is 30.3 Å². The second-order valence-corrected chi connectivity index (χ2v) is 4.80. The summed E-state index contributed by atoms with van der Waals surface area (Å²) in [5.74, 6) is 0.0743. The predicted molar refractivity (Wildman–Crippen MR) is 76.3 cm³/mol. The van der Waals surface area contributed by atoms with Crippen LogP contribution >= 0.6 is 46.4 Å². The highest BCUT2D eigenvalue weighted by molar-refractivity contribution is 6.42. The number of phenolic OH excluding ortho intramolecular Hbond substituents is 2. The minimum atomic E-state index is 0.0177. The SMILES string of the molecule is Oc1ccc(Cl)cc1Cl.Oc1cccc(Cl)c1Cl. The van der Waals surface area contributed by atoms with Gasteiger partial charge in [-0.3, -0.25) is 0 Å². The largest absolute Gasteiger partial charge is 0.506 e. The molecule has 0 aliphatic rings. The molecular formula is C12H8Cl4O2. The zero-order valence-electron chi connectivity index (χ0n) is 8.87. The Morgan fingerprint density at radius 1 is 0.722 bits per heavy atom. The molecule has 96 valence electrons. The number of halogens is 4. The standard InChI is InChI=1S/2C6H4Cl2O/c7-4-1-2-6(9)5(8)3-4;7-4-2-1-3-5(9)6(4)8/h2*1-3,9H. The molecule has 0 bridgehead atoms. The maximum absolute atomic E-state index is 8.88. The minimum Gasteiger partial charge on any atom is -0.506 e. The van der Waals surface area contributed by atoms with Gasteiger partial charge >= 0.3 is 0 Å². The third-order valence-electron chi connectivity index (χ3n) is 1.84. The molecule has 0 fully saturated rings. The molecule has 0 unspecified atom stereocenters. The summed E-state index contributed by atoms with van der Waals surface area (Å²) in [6.07, 6.45) is 0. The van der Waals surface area contributed by atoms with Gasteiger partial charge in [0, 0.05) is 5.02 Å².